The molecule has 0 N–H and O–H groups in total. The molecule has 1 heterocycles. The standard InChI is InChI=1S/C15H12BrFOS/c16-11-7-10(5-6-12(11)17)15(18)14-8-9-3-1-2-4-13(9)19-14/h5-8H,1-4H2. The molecule has 1 aliphatic rings. The SMILES string of the molecule is O=C(c1ccc(F)c(Br)c1)c1cc2c(s1)CCCC2. The molecule has 98 valence electrons. The minimum absolute atomic E-state index is 0.0138. The molecule has 0 saturated carbocycles. The third kappa shape index (κ3) is 2.51. The zero-order chi connectivity index (χ0) is 13.4. The van der Waals surface area contributed by atoms with Gasteiger partial charge < -0.3 is 0 Å². The molecule has 3 rings (SSSR count). The highest BCUT2D eigenvalue weighted by atomic mass is 79.9. The van der Waals surface area contributed by atoms with Crippen LogP contribution in [-0.2, 0) is 12.8 Å². The predicted molar refractivity (Wildman–Crippen MR) is 78.5 cm³/mol. The summed E-state index contributed by atoms with van der Waals surface area (Å²) in [4.78, 5) is 14.5. The number of hydrogen-bond acceptors (Lipinski definition) is 2. The zero-order valence-corrected chi connectivity index (χ0v) is 12.6. The van der Waals surface area contributed by atoms with Gasteiger partial charge in [0.25, 0.3) is 0 Å². The van der Waals surface area contributed by atoms with E-state index >= 15 is 0 Å². The summed E-state index contributed by atoms with van der Waals surface area (Å²) in [5.74, 6) is -0.359. The summed E-state index contributed by atoms with van der Waals surface area (Å²) in [7, 11) is 0. The van der Waals surface area contributed by atoms with Crippen LogP contribution in [0.5, 0.6) is 0 Å². The van der Waals surface area contributed by atoms with Crippen LogP contribution in [0.2, 0.25) is 0 Å². The van der Waals surface area contributed by atoms with Crippen molar-refractivity contribution in [1.82, 2.24) is 0 Å². The van der Waals surface area contributed by atoms with Gasteiger partial charge in [-0.2, -0.15) is 0 Å². The van der Waals surface area contributed by atoms with E-state index in [-0.39, 0.29) is 11.6 Å². The van der Waals surface area contributed by atoms with Crippen LogP contribution in [0.3, 0.4) is 0 Å². The number of carbonyl (C=O) groups is 1. The smallest absolute Gasteiger partial charge is 0.203 e. The Balaban J connectivity index is 1.95. The van der Waals surface area contributed by atoms with Crippen molar-refractivity contribution in [1.29, 1.82) is 0 Å². The molecule has 0 aliphatic heterocycles. The van der Waals surface area contributed by atoms with Gasteiger partial charge in [0.1, 0.15) is 5.82 Å². The maximum absolute atomic E-state index is 13.2. The maximum Gasteiger partial charge on any atom is 0.203 e. The molecule has 1 aliphatic carbocycles. The van der Waals surface area contributed by atoms with E-state index in [0.717, 1.165) is 17.7 Å². The van der Waals surface area contributed by atoms with E-state index < -0.39 is 0 Å². The number of ketones is 1. The van der Waals surface area contributed by atoms with Crippen molar-refractivity contribution in [2.75, 3.05) is 0 Å². The Labute approximate surface area is 123 Å². The van der Waals surface area contributed by atoms with Gasteiger partial charge in [0.05, 0.1) is 9.35 Å². The zero-order valence-electron chi connectivity index (χ0n) is 10.2. The number of benzene rings is 1. The topological polar surface area (TPSA) is 17.1 Å². The van der Waals surface area contributed by atoms with Crippen LogP contribution in [0, 0.1) is 5.82 Å². The van der Waals surface area contributed by atoms with Crippen LogP contribution in [0.1, 0.15) is 38.5 Å². The molecule has 0 amide bonds. The Morgan fingerprint density at radius 2 is 2.00 bits per heavy atom. The monoisotopic (exact) mass is 338 g/mol. The average molecular weight is 339 g/mol. The Kier molecular flexibility index (Phi) is 3.54. The van der Waals surface area contributed by atoms with Crippen LogP contribution in [0.15, 0.2) is 28.7 Å². The second-order valence-electron chi connectivity index (χ2n) is 4.72. The molecular formula is C15H12BrFOS. The van der Waals surface area contributed by atoms with Gasteiger partial charge in [-0.05, 0) is 71.4 Å². The van der Waals surface area contributed by atoms with Gasteiger partial charge in [0.15, 0.2) is 0 Å². The Hall–Kier alpha value is -1.00. The molecule has 2 aromatic rings. The van der Waals surface area contributed by atoms with Crippen molar-refractivity contribution < 1.29 is 9.18 Å². The van der Waals surface area contributed by atoms with Crippen LogP contribution >= 0.6 is 27.3 Å². The van der Waals surface area contributed by atoms with Crippen molar-refractivity contribution >= 4 is 33.0 Å². The van der Waals surface area contributed by atoms with E-state index in [1.807, 2.05) is 6.07 Å². The fourth-order valence-corrected chi connectivity index (χ4v) is 3.98. The van der Waals surface area contributed by atoms with E-state index in [1.165, 1.54) is 29.3 Å². The van der Waals surface area contributed by atoms with Gasteiger partial charge in [0, 0.05) is 10.4 Å². The largest absolute Gasteiger partial charge is 0.288 e. The number of hydrogen-bond donors (Lipinski definition) is 0. The van der Waals surface area contributed by atoms with Crippen LogP contribution in [0.25, 0.3) is 0 Å². The number of carbonyl (C=O) groups excluding carboxylic acids is 1. The highest BCUT2D eigenvalue weighted by Crippen LogP contribution is 2.31. The molecule has 4 heteroatoms. The lowest BCUT2D eigenvalue weighted by Crippen LogP contribution is -1.99. The molecule has 0 unspecified atom stereocenters. The first kappa shape index (κ1) is 13.0. The van der Waals surface area contributed by atoms with Crippen molar-refractivity contribution in [3.63, 3.8) is 0 Å². The summed E-state index contributed by atoms with van der Waals surface area (Å²) in [6, 6.07) is 6.43. The highest BCUT2D eigenvalue weighted by Gasteiger charge is 2.18. The van der Waals surface area contributed by atoms with Crippen molar-refractivity contribution in [2.45, 2.75) is 25.7 Å². The first-order valence-corrected chi connectivity index (χ1v) is 7.87. The van der Waals surface area contributed by atoms with Gasteiger partial charge in [-0.15, -0.1) is 11.3 Å². The Morgan fingerprint density at radius 3 is 2.74 bits per heavy atom. The molecule has 0 saturated heterocycles. The number of halogens is 2. The second-order valence-corrected chi connectivity index (χ2v) is 6.72. The Bertz CT molecular complexity index is 624. The summed E-state index contributed by atoms with van der Waals surface area (Å²) in [6.45, 7) is 0. The normalized spacial score (nSPS) is 14.2. The molecule has 1 aromatic heterocycles. The molecule has 0 radical (unpaired) electrons. The molecule has 19 heavy (non-hydrogen) atoms. The second kappa shape index (κ2) is 5.17. The van der Waals surface area contributed by atoms with Gasteiger partial charge in [0.2, 0.25) is 5.78 Å². The molecular weight excluding hydrogens is 327 g/mol. The first-order chi connectivity index (χ1) is 9.15. The lowest BCUT2D eigenvalue weighted by Gasteiger charge is -2.08. The molecule has 0 bridgehead atoms. The van der Waals surface area contributed by atoms with Crippen LogP contribution in [-0.4, -0.2) is 5.78 Å². The van der Waals surface area contributed by atoms with E-state index in [9.17, 15) is 9.18 Å². The average Bonchev–Trinajstić information content (AvgIpc) is 2.85. The predicted octanol–water partition coefficient (Wildman–Crippen LogP) is 4.76. The van der Waals surface area contributed by atoms with E-state index in [0.29, 0.717) is 10.0 Å². The third-order valence-electron chi connectivity index (χ3n) is 3.40. The van der Waals surface area contributed by atoms with Crippen molar-refractivity contribution in [3.8, 4) is 0 Å². The number of thiophene rings is 1. The molecule has 0 fully saturated rings. The van der Waals surface area contributed by atoms with Crippen LogP contribution in [0.4, 0.5) is 4.39 Å². The van der Waals surface area contributed by atoms with Gasteiger partial charge in [-0.1, -0.05) is 0 Å². The third-order valence-corrected chi connectivity index (χ3v) is 5.25. The number of rotatable bonds is 2. The van der Waals surface area contributed by atoms with Crippen LogP contribution < -0.4 is 0 Å². The summed E-state index contributed by atoms with van der Waals surface area (Å²) in [5, 5.41) is 0. The summed E-state index contributed by atoms with van der Waals surface area (Å²) in [6.07, 6.45) is 4.58. The lowest BCUT2D eigenvalue weighted by atomic mass is 9.98. The maximum atomic E-state index is 13.2. The summed E-state index contributed by atoms with van der Waals surface area (Å²) >= 11 is 4.71. The van der Waals surface area contributed by atoms with Gasteiger partial charge in [-0.25, -0.2) is 4.39 Å². The first-order valence-electron chi connectivity index (χ1n) is 6.26. The van der Waals surface area contributed by atoms with Gasteiger partial charge in [-0.3, -0.25) is 4.79 Å². The lowest BCUT2D eigenvalue weighted by molar-refractivity contribution is 0.104. The summed E-state index contributed by atoms with van der Waals surface area (Å²) in [5.41, 5.74) is 1.85. The molecule has 0 atom stereocenters. The quantitative estimate of drug-likeness (QED) is 0.721. The van der Waals surface area contributed by atoms with E-state index in [4.69, 9.17) is 0 Å². The minimum atomic E-state index is -0.345. The molecule has 0 spiro atoms. The number of fused-ring (bicyclic) bond motifs is 1. The number of aryl methyl sites for hydroxylation is 2. The summed E-state index contributed by atoms with van der Waals surface area (Å²) < 4.78 is 13.5. The Morgan fingerprint density at radius 1 is 1.21 bits per heavy atom. The molecule has 1 nitrogen and oxygen atoms in total. The fraction of sp³-hybridized carbons (Fsp3) is 0.267. The molecule has 1 aromatic carbocycles. The van der Waals surface area contributed by atoms with Gasteiger partial charge >= 0.3 is 0 Å². The van der Waals surface area contributed by atoms with E-state index in [2.05, 4.69) is 15.9 Å². The fourth-order valence-electron chi connectivity index (χ4n) is 2.38. The highest BCUT2D eigenvalue weighted by molar-refractivity contribution is 9.10. The van der Waals surface area contributed by atoms with Crippen molar-refractivity contribution in [2.24, 2.45) is 0 Å². The minimum Gasteiger partial charge on any atom is -0.288 e. The van der Waals surface area contributed by atoms with Crippen molar-refractivity contribution in [3.05, 3.63) is 55.4 Å². The van der Waals surface area contributed by atoms with E-state index in [1.54, 1.807) is 23.5 Å².